The first-order valence-electron chi connectivity index (χ1n) is 10.5. The maximum absolute atomic E-state index is 12.6. The Labute approximate surface area is 176 Å². The Kier molecular flexibility index (Phi) is 7.54. The molecule has 0 radical (unpaired) electrons. The number of nitrogens with zero attached hydrogens (tertiary/aromatic N) is 4. The quantitative estimate of drug-likeness (QED) is 0.521. The summed E-state index contributed by atoms with van der Waals surface area (Å²) in [6.07, 6.45) is 4.68. The first-order valence-corrected chi connectivity index (χ1v) is 10.5. The fraction of sp³-hybridized carbons (Fsp3) is 0.391. The largest absolute Gasteiger partial charge is 0.340 e. The van der Waals surface area contributed by atoms with Gasteiger partial charge in [-0.25, -0.2) is 4.68 Å². The van der Waals surface area contributed by atoms with Crippen LogP contribution in [0.25, 0.3) is 11.3 Å². The van der Waals surface area contributed by atoms with E-state index in [9.17, 15) is 9.59 Å². The van der Waals surface area contributed by atoms with Crippen molar-refractivity contribution in [1.29, 1.82) is 0 Å². The van der Waals surface area contributed by atoms with Crippen molar-refractivity contribution in [2.45, 2.75) is 45.6 Å². The third kappa shape index (κ3) is 5.65. The molecule has 0 unspecified atom stereocenters. The van der Waals surface area contributed by atoms with Gasteiger partial charge in [0.25, 0.3) is 11.5 Å². The summed E-state index contributed by atoms with van der Waals surface area (Å²) in [6.45, 7) is 3.15. The number of aromatic amines is 1. The summed E-state index contributed by atoms with van der Waals surface area (Å²) in [5.74, 6) is -0.152. The molecule has 1 aromatic carbocycles. The van der Waals surface area contributed by atoms with Crippen LogP contribution in [0.1, 0.15) is 48.8 Å². The van der Waals surface area contributed by atoms with Crippen LogP contribution in [0.5, 0.6) is 0 Å². The van der Waals surface area contributed by atoms with Crippen LogP contribution < -0.4 is 5.56 Å². The molecule has 0 aliphatic rings. The fourth-order valence-corrected chi connectivity index (χ4v) is 3.32. The lowest BCUT2D eigenvalue weighted by molar-refractivity contribution is 0.0784. The molecule has 0 aliphatic carbocycles. The van der Waals surface area contributed by atoms with Crippen molar-refractivity contribution in [2.24, 2.45) is 0 Å². The molecule has 1 amide bonds. The number of nitrogens with one attached hydrogen (secondary N) is 1. The maximum atomic E-state index is 12.6. The van der Waals surface area contributed by atoms with E-state index in [1.807, 2.05) is 25.1 Å². The zero-order valence-electron chi connectivity index (χ0n) is 17.7. The summed E-state index contributed by atoms with van der Waals surface area (Å²) in [4.78, 5) is 26.0. The van der Waals surface area contributed by atoms with E-state index in [1.54, 1.807) is 11.9 Å². The molecule has 158 valence electrons. The minimum atomic E-state index is -0.176. The third-order valence-electron chi connectivity index (χ3n) is 5.01. The summed E-state index contributed by atoms with van der Waals surface area (Å²) in [5.41, 5.74) is 3.34. The van der Waals surface area contributed by atoms with Crippen LogP contribution in [0, 0.1) is 0 Å². The lowest BCUT2D eigenvalue weighted by Gasteiger charge is -2.17. The molecule has 7 nitrogen and oxygen atoms in total. The van der Waals surface area contributed by atoms with Gasteiger partial charge in [0, 0.05) is 37.5 Å². The standard InChI is InChI=1S/C23H29N5O2/c1-3-15-28-22(29)14-13-20(26-28)23(30)27(2)16-9-5-8-12-19-17-21(25-24-19)18-10-6-4-7-11-18/h4,6-7,10-11,13-14,17H,3,5,8-9,12,15-16H2,1-2H3,(H,24,25). The van der Waals surface area contributed by atoms with Crippen LogP contribution in [0.2, 0.25) is 0 Å². The molecular weight excluding hydrogens is 378 g/mol. The van der Waals surface area contributed by atoms with Crippen molar-refractivity contribution in [3.05, 3.63) is 70.3 Å². The van der Waals surface area contributed by atoms with Gasteiger partial charge in [0.05, 0.1) is 5.69 Å². The van der Waals surface area contributed by atoms with Gasteiger partial charge in [0.1, 0.15) is 5.69 Å². The van der Waals surface area contributed by atoms with E-state index in [4.69, 9.17) is 0 Å². The topological polar surface area (TPSA) is 83.9 Å². The van der Waals surface area contributed by atoms with Crippen molar-refractivity contribution < 1.29 is 4.79 Å². The van der Waals surface area contributed by atoms with Gasteiger partial charge in [-0.15, -0.1) is 0 Å². The Hall–Kier alpha value is -3.22. The highest BCUT2D eigenvalue weighted by Gasteiger charge is 2.14. The van der Waals surface area contributed by atoms with Crippen molar-refractivity contribution >= 4 is 5.91 Å². The molecule has 2 heterocycles. The number of rotatable bonds is 10. The second-order valence-electron chi connectivity index (χ2n) is 7.46. The second kappa shape index (κ2) is 10.5. The number of H-pyrrole nitrogens is 1. The maximum Gasteiger partial charge on any atom is 0.274 e. The Morgan fingerprint density at radius 3 is 2.67 bits per heavy atom. The first-order chi connectivity index (χ1) is 14.6. The second-order valence-corrected chi connectivity index (χ2v) is 7.46. The van der Waals surface area contributed by atoms with Gasteiger partial charge >= 0.3 is 0 Å². The normalized spacial score (nSPS) is 10.9. The summed E-state index contributed by atoms with van der Waals surface area (Å²) < 4.78 is 1.36. The predicted octanol–water partition coefficient (Wildman–Crippen LogP) is 3.53. The first kappa shape index (κ1) is 21.5. The molecule has 0 atom stereocenters. The van der Waals surface area contributed by atoms with Crippen LogP contribution in [0.15, 0.2) is 53.3 Å². The molecule has 0 bridgehead atoms. The lowest BCUT2D eigenvalue weighted by Crippen LogP contribution is -2.31. The van der Waals surface area contributed by atoms with Crippen LogP contribution in [-0.2, 0) is 13.0 Å². The number of aryl methyl sites for hydroxylation is 2. The molecule has 2 aromatic heterocycles. The van der Waals surface area contributed by atoms with Crippen LogP contribution in [0.3, 0.4) is 0 Å². The Morgan fingerprint density at radius 1 is 1.10 bits per heavy atom. The molecule has 3 aromatic rings. The Balaban J connectivity index is 1.42. The molecular formula is C23H29N5O2. The number of benzene rings is 1. The smallest absolute Gasteiger partial charge is 0.274 e. The number of unbranched alkanes of at least 4 members (excludes halogenated alkanes) is 2. The molecule has 0 saturated carbocycles. The minimum absolute atomic E-state index is 0.152. The highest BCUT2D eigenvalue weighted by Crippen LogP contribution is 2.18. The number of hydrogen-bond donors (Lipinski definition) is 1. The van der Waals surface area contributed by atoms with Crippen molar-refractivity contribution in [1.82, 2.24) is 24.9 Å². The number of carbonyl (C=O) groups excluding carboxylic acids is 1. The number of hydrogen-bond acceptors (Lipinski definition) is 4. The van der Waals surface area contributed by atoms with E-state index >= 15 is 0 Å². The van der Waals surface area contributed by atoms with E-state index in [2.05, 4.69) is 33.5 Å². The van der Waals surface area contributed by atoms with Gasteiger partial charge < -0.3 is 4.90 Å². The highest BCUT2D eigenvalue weighted by atomic mass is 16.2. The Bertz CT molecular complexity index is 1010. The average Bonchev–Trinajstić information content (AvgIpc) is 3.24. The molecule has 1 N–H and O–H groups in total. The van der Waals surface area contributed by atoms with Crippen LogP contribution in [0.4, 0.5) is 0 Å². The zero-order chi connectivity index (χ0) is 21.3. The van der Waals surface area contributed by atoms with E-state index < -0.39 is 0 Å². The van der Waals surface area contributed by atoms with Crippen LogP contribution >= 0.6 is 0 Å². The molecule has 30 heavy (non-hydrogen) atoms. The van der Waals surface area contributed by atoms with Crippen molar-refractivity contribution in [3.8, 4) is 11.3 Å². The van der Waals surface area contributed by atoms with Crippen LogP contribution in [-0.4, -0.2) is 44.4 Å². The molecule has 7 heteroatoms. The predicted molar refractivity (Wildman–Crippen MR) is 117 cm³/mol. The summed E-state index contributed by atoms with van der Waals surface area (Å²) in [5, 5.41) is 11.7. The van der Waals surface area contributed by atoms with Gasteiger partial charge in [0.15, 0.2) is 0 Å². The van der Waals surface area contributed by atoms with Crippen molar-refractivity contribution in [2.75, 3.05) is 13.6 Å². The number of aromatic nitrogens is 4. The minimum Gasteiger partial charge on any atom is -0.340 e. The zero-order valence-corrected chi connectivity index (χ0v) is 17.7. The molecule has 3 rings (SSSR count). The molecule has 0 saturated heterocycles. The van der Waals surface area contributed by atoms with Gasteiger partial charge in [-0.2, -0.15) is 10.2 Å². The monoisotopic (exact) mass is 407 g/mol. The van der Waals surface area contributed by atoms with Gasteiger partial charge in [-0.05, 0) is 37.8 Å². The fourth-order valence-electron chi connectivity index (χ4n) is 3.32. The average molecular weight is 408 g/mol. The summed E-state index contributed by atoms with van der Waals surface area (Å²) >= 11 is 0. The number of carbonyl (C=O) groups is 1. The number of amides is 1. The summed E-state index contributed by atoms with van der Waals surface area (Å²) in [7, 11) is 1.78. The van der Waals surface area contributed by atoms with E-state index in [1.165, 1.54) is 16.8 Å². The third-order valence-corrected chi connectivity index (χ3v) is 5.01. The lowest BCUT2D eigenvalue weighted by atomic mass is 10.1. The molecule has 0 spiro atoms. The van der Waals surface area contributed by atoms with E-state index in [-0.39, 0.29) is 11.5 Å². The SMILES string of the molecule is CCCn1nc(C(=O)N(C)CCCCCc2cc(-c3ccccc3)n[nH]2)ccc1=O. The van der Waals surface area contributed by atoms with Crippen molar-refractivity contribution in [3.63, 3.8) is 0 Å². The van der Waals surface area contributed by atoms with Gasteiger partial charge in [0.2, 0.25) is 0 Å². The highest BCUT2D eigenvalue weighted by molar-refractivity contribution is 5.91. The van der Waals surface area contributed by atoms with E-state index in [0.717, 1.165) is 49.1 Å². The molecule has 0 fully saturated rings. The summed E-state index contributed by atoms with van der Waals surface area (Å²) in [6, 6.07) is 15.1. The van der Waals surface area contributed by atoms with E-state index in [0.29, 0.717) is 18.8 Å². The van der Waals surface area contributed by atoms with Gasteiger partial charge in [-0.3, -0.25) is 14.7 Å². The van der Waals surface area contributed by atoms with Gasteiger partial charge in [-0.1, -0.05) is 43.7 Å². The molecule has 0 aliphatic heterocycles. The Morgan fingerprint density at radius 2 is 1.90 bits per heavy atom.